The summed E-state index contributed by atoms with van der Waals surface area (Å²) in [4.78, 5) is 2.33. The summed E-state index contributed by atoms with van der Waals surface area (Å²) < 4.78 is 5.21. The smallest absolute Gasteiger partial charge is 0.0970 e. The van der Waals surface area contributed by atoms with Gasteiger partial charge in [0.1, 0.15) is 0 Å². The molecule has 0 aliphatic carbocycles. The van der Waals surface area contributed by atoms with Crippen LogP contribution in [0.5, 0.6) is 0 Å². The molecule has 0 radical (unpaired) electrons. The van der Waals surface area contributed by atoms with E-state index >= 15 is 0 Å². The predicted molar refractivity (Wildman–Crippen MR) is 38.8 cm³/mol. The van der Waals surface area contributed by atoms with Crippen LogP contribution in [0.25, 0.3) is 0 Å². The van der Waals surface area contributed by atoms with Gasteiger partial charge in [-0.3, -0.25) is 5.32 Å². The number of likely N-dealkylation sites (tertiary alicyclic amines) is 1. The van der Waals surface area contributed by atoms with Crippen LogP contribution in [0.3, 0.4) is 0 Å². The lowest BCUT2D eigenvalue weighted by Crippen LogP contribution is -2.70. The second-order valence-corrected chi connectivity index (χ2v) is 3.43. The lowest BCUT2D eigenvalue weighted by atomic mass is 9.87. The molecule has 2 fully saturated rings. The molecule has 0 aromatic rings. The van der Waals surface area contributed by atoms with E-state index in [0.29, 0.717) is 5.54 Å². The third-order valence-electron chi connectivity index (χ3n) is 2.42. The third kappa shape index (κ3) is 0.944. The van der Waals surface area contributed by atoms with Crippen molar-refractivity contribution in [3.05, 3.63) is 0 Å². The first kappa shape index (κ1) is 6.58. The molecule has 10 heavy (non-hydrogen) atoms. The molecule has 0 bridgehead atoms. The minimum Gasteiger partial charge on any atom is -0.366 e. The molecular formula is C7H14N2O. The minimum absolute atomic E-state index is 0.424. The largest absolute Gasteiger partial charge is 0.366 e. The molecule has 1 spiro atoms. The Morgan fingerprint density at radius 2 is 2.30 bits per heavy atom. The van der Waals surface area contributed by atoms with Gasteiger partial charge >= 0.3 is 0 Å². The Bertz CT molecular complexity index is 116. The van der Waals surface area contributed by atoms with Gasteiger partial charge in [0.25, 0.3) is 0 Å². The number of nitrogens with zero attached hydrogens (tertiary/aromatic N) is 1. The molecule has 0 aromatic heterocycles. The average molecular weight is 142 g/mol. The summed E-state index contributed by atoms with van der Waals surface area (Å²) in [5.41, 5.74) is 0.424. The van der Waals surface area contributed by atoms with Crippen LogP contribution in [0.2, 0.25) is 0 Å². The van der Waals surface area contributed by atoms with Crippen LogP contribution in [0, 0.1) is 0 Å². The van der Waals surface area contributed by atoms with Crippen LogP contribution in [0.4, 0.5) is 0 Å². The molecule has 0 saturated carbocycles. The van der Waals surface area contributed by atoms with Gasteiger partial charge in [-0.15, -0.1) is 0 Å². The zero-order chi connectivity index (χ0) is 7.03. The predicted octanol–water partition coefficient (Wildman–Crippen LogP) is -0.362. The first-order valence-corrected chi connectivity index (χ1v) is 3.82. The van der Waals surface area contributed by atoms with E-state index < -0.39 is 0 Å². The maximum absolute atomic E-state index is 5.21. The molecule has 1 N–H and O–H groups in total. The zero-order valence-electron chi connectivity index (χ0n) is 6.39. The van der Waals surface area contributed by atoms with E-state index in [-0.39, 0.29) is 0 Å². The van der Waals surface area contributed by atoms with Crippen molar-refractivity contribution in [2.24, 2.45) is 0 Å². The fraction of sp³-hybridized carbons (Fsp3) is 1.00. The minimum atomic E-state index is 0.424. The maximum Gasteiger partial charge on any atom is 0.0970 e. The molecule has 0 atom stereocenters. The van der Waals surface area contributed by atoms with E-state index in [2.05, 4.69) is 17.3 Å². The Kier molecular flexibility index (Phi) is 1.44. The van der Waals surface area contributed by atoms with Crippen LogP contribution in [-0.4, -0.2) is 43.9 Å². The summed E-state index contributed by atoms with van der Waals surface area (Å²) in [6.45, 7) is 4.06. The number of rotatable bonds is 0. The van der Waals surface area contributed by atoms with Crippen LogP contribution in [0.15, 0.2) is 0 Å². The Morgan fingerprint density at radius 3 is 2.80 bits per heavy atom. The van der Waals surface area contributed by atoms with Crippen molar-refractivity contribution in [2.75, 3.05) is 33.5 Å². The summed E-state index contributed by atoms with van der Waals surface area (Å²) in [7, 11) is 2.16. The average Bonchev–Trinajstić information content (AvgIpc) is 1.87. The normalized spacial score (nSPS) is 32.1. The Balaban J connectivity index is 1.90. The molecule has 2 aliphatic rings. The van der Waals surface area contributed by atoms with Crippen LogP contribution < -0.4 is 5.32 Å². The number of hydrogen-bond acceptors (Lipinski definition) is 3. The van der Waals surface area contributed by atoms with E-state index in [9.17, 15) is 0 Å². The molecule has 3 nitrogen and oxygen atoms in total. The first-order chi connectivity index (χ1) is 4.81. The van der Waals surface area contributed by atoms with Crippen molar-refractivity contribution in [2.45, 2.75) is 12.0 Å². The van der Waals surface area contributed by atoms with Crippen molar-refractivity contribution < 1.29 is 4.74 Å². The molecule has 58 valence electrons. The van der Waals surface area contributed by atoms with Gasteiger partial charge in [0.2, 0.25) is 0 Å². The second kappa shape index (κ2) is 2.19. The molecule has 0 amide bonds. The van der Waals surface area contributed by atoms with Gasteiger partial charge in [-0.05, 0) is 13.5 Å². The SMILES string of the molecule is CN1CC2(CCOCN2)C1. The third-order valence-corrected chi connectivity index (χ3v) is 2.42. The highest BCUT2D eigenvalue weighted by atomic mass is 16.5. The lowest BCUT2D eigenvalue weighted by Gasteiger charge is -2.51. The summed E-state index contributed by atoms with van der Waals surface area (Å²) in [5, 5.41) is 3.40. The van der Waals surface area contributed by atoms with Gasteiger partial charge in [-0.2, -0.15) is 0 Å². The molecule has 3 heteroatoms. The quantitative estimate of drug-likeness (QED) is 0.500. The molecule has 2 aliphatic heterocycles. The van der Waals surface area contributed by atoms with E-state index in [1.807, 2.05) is 0 Å². The first-order valence-electron chi connectivity index (χ1n) is 3.82. The van der Waals surface area contributed by atoms with Crippen LogP contribution in [0.1, 0.15) is 6.42 Å². The van der Waals surface area contributed by atoms with Crippen LogP contribution in [-0.2, 0) is 4.74 Å². The molecule has 0 unspecified atom stereocenters. The monoisotopic (exact) mass is 142 g/mol. The van der Waals surface area contributed by atoms with E-state index in [1.165, 1.54) is 19.5 Å². The summed E-state index contributed by atoms with van der Waals surface area (Å²) >= 11 is 0. The van der Waals surface area contributed by atoms with Crippen LogP contribution >= 0.6 is 0 Å². The number of likely N-dealkylation sites (N-methyl/N-ethyl adjacent to an activating group) is 1. The zero-order valence-corrected chi connectivity index (χ0v) is 6.39. The van der Waals surface area contributed by atoms with Crippen molar-refractivity contribution in [1.29, 1.82) is 0 Å². The van der Waals surface area contributed by atoms with Gasteiger partial charge in [0, 0.05) is 18.6 Å². The van der Waals surface area contributed by atoms with E-state index in [0.717, 1.165) is 13.3 Å². The highest BCUT2D eigenvalue weighted by Gasteiger charge is 2.41. The molecule has 2 saturated heterocycles. The standard InChI is InChI=1S/C7H14N2O/c1-9-4-7(5-9)2-3-10-6-8-7/h8H,2-6H2,1H3. The highest BCUT2D eigenvalue weighted by molar-refractivity contribution is 5.01. The van der Waals surface area contributed by atoms with Gasteiger partial charge < -0.3 is 9.64 Å². The Labute approximate surface area is 61.3 Å². The molecule has 2 heterocycles. The van der Waals surface area contributed by atoms with Crippen molar-refractivity contribution in [3.63, 3.8) is 0 Å². The van der Waals surface area contributed by atoms with Gasteiger partial charge in [-0.25, -0.2) is 0 Å². The second-order valence-electron chi connectivity index (χ2n) is 3.43. The Morgan fingerprint density at radius 1 is 1.50 bits per heavy atom. The number of hydrogen-bond donors (Lipinski definition) is 1. The van der Waals surface area contributed by atoms with Crippen molar-refractivity contribution >= 4 is 0 Å². The Hall–Kier alpha value is -0.120. The summed E-state index contributed by atoms with van der Waals surface area (Å²) in [6.07, 6.45) is 1.18. The molecular weight excluding hydrogens is 128 g/mol. The fourth-order valence-electron chi connectivity index (χ4n) is 1.89. The van der Waals surface area contributed by atoms with Crippen molar-refractivity contribution in [1.82, 2.24) is 10.2 Å². The number of ether oxygens (including phenoxy) is 1. The van der Waals surface area contributed by atoms with E-state index in [1.54, 1.807) is 0 Å². The number of nitrogens with one attached hydrogen (secondary N) is 1. The lowest BCUT2D eigenvalue weighted by molar-refractivity contribution is -0.0436. The van der Waals surface area contributed by atoms with Crippen molar-refractivity contribution in [3.8, 4) is 0 Å². The van der Waals surface area contributed by atoms with Gasteiger partial charge in [0.05, 0.1) is 13.3 Å². The topological polar surface area (TPSA) is 24.5 Å². The highest BCUT2D eigenvalue weighted by Crippen LogP contribution is 2.24. The van der Waals surface area contributed by atoms with Gasteiger partial charge in [-0.1, -0.05) is 0 Å². The van der Waals surface area contributed by atoms with Gasteiger partial charge in [0.15, 0.2) is 0 Å². The molecule has 0 aromatic carbocycles. The summed E-state index contributed by atoms with van der Waals surface area (Å²) in [6, 6.07) is 0. The maximum atomic E-state index is 5.21. The van der Waals surface area contributed by atoms with E-state index in [4.69, 9.17) is 4.74 Å². The molecule has 2 rings (SSSR count). The fourth-order valence-corrected chi connectivity index (χ4v) is 1.89. The summed E-state index contributed by atoms with van der Waals surface area (Å²) in [5.74, 6) is 0.